The van der Waals surface area contributed by atoms with Gasteiger partial charge in [-0.25, -0.2) is 0 Å². The zero-order chi connectivity index (χ0) is 38.5. The van der Waals surface area contributed by atoms with Gasteiger partial charge in [0.05, 0.1) is 0 Å². The number of benzene rings is 4. The Balaban J connectivity index is 1.13. The number of hydrogen-bond acceptors (Lipinski definition) is 6. The van der Waals surface area contributed by atoms with E-state index in [-0.39, 0.29) is 0 Å². The summed E-state index contributed by atoms with van der Waals surface area (Å²) in [6.45, 7) is 16.4. The van der Waals surface area contributed by atoms with Crippen molar-refractivity contribution >= 4 is 11.9 Å². The fourth-order valence-corrected chi connectivity index (χ4v) is 8.28. The highest BCUT2D eigenvalue weighted by Crippen LogP contribution is 2.33. The quantitative estimate of drug-likeness (QED) is 0.140. The Morgan fingerprint density at radius 2 is 0.981 bits per heavy atom. The van der Waals surface area contributed by atoms with Gasteiger partial charge in [0.1, 0.15) is 36.8 Å². The van der Waals surface area contributed by atoms with Crippen molar-refractivity contribution in [1.82, 2.24) is 9.80 Å². The third-order valence-corrected chi connectivity index (χ3v) is 11.8. The van der Waals surface area contributed by atoms with Crippen LogP contribution >= 0.6 is 0 Å². The lowest BCUT2D eigenvalue weighted by atomic mass is 9.91. The number of likely N-dealkylation sites (tertiary alicyclic amines) is 2. The topological polar surface area (TPSA) is 99.5 Å². The first kappa shape index (κ1) is 39.0. The fraction of sp³-hybridized carbons (Fsp3) is 0.435. The van der Waals surface area contributed by atoms with Crippen molar-refractivity contribution in [2.24, 2.45) is 0 Å². The standard InChI is InChI=1S/C46H56N2O6/c1-29-23-43(31(3)21-37(29)25-47-19-9-7-17-41(47)45(49)50)53-27-35-13-11-15-39(33(35)5)40-16-12-14-36(34(40)6)28-54-44-24-30(2)38(22-32(44)4)26-48-20-10-8-18-42(48)46(51)52/h11-16,21-24,41-42H,7-10,17-20,25-28H2,1-6H3,(H,49,50)(H,51,52)/t41-,42-/m0/s1. The molecule has 2 aliphatic rings. The molecule has 0 amide bonds. The predicted octanol–water partition coefficient (Wildman–Crippen LogP) is 9.24. The van der Waals surface area contributed by atoms with E-state index in [0.29, 0.717) is 39.1 Å². The van der Waals surface area contributed by atoms with Crippen molar-refractivity contribution in [3.8, 4) is 22.6 Å². The zero-order valence-electron chi connectivity index (χ0n) is 32.8. The van der Waals surface area contributed by atoms with Gasteiger partial charge < -0.3 is 19.7 Å². The number of carboxylic acid groups (broad SMARTS) is 2. The van der Waals surface area contributed by atoms with Crippen LogP contribution in [0.3, 0.4) is 0 Å². The summed E-state index contributed by atoms with van der Waals surface area (Å²) >= 11 is 0. The van der Waals surface area contributed by atoms with Crippen molar-refractivity contribution in [3.05, 3.63) is 116 Å². The van der Waals surface area contributed by atoms with Crippen LogP contribution in [0.25, 0.3) is 11.1 Å². The van der Waals surface area contributed by atoms with Gasteiger partial charge in [-0.05, 0) is 159 Å². The third kappa shape index (κ3) is 8.82. The first-order valence-corrected chi connectivity index (χ1v) is 19.5. The van der Waals surface area contributed by atoms with Crippen LogP contribution in [0, 0.1) is 41.5 Å². The molecule has 8 nitrogen and oxygen atoms in total. The highest BCUT2D eigenvalue weighted by atomic mass is 16.5. The molecule has 54 heavy (non-hydrogen) atoms. The van der Waals surface area contributed by atoms with Gasteiger partial charge in [-0.3, -0.25) is 19.4 Å². The number of carboxylic acids is 2. The van der Waals surface area contributed by atoms with Gasteiger partial charge in [0.2, 0.25) is 0 Å². The molecule has 4 aromatic carbocycles. The lowest BCUT2D eigenvalue weighted by Crippen LogP contribution is -2.44. The van der Waals surface area contributed by atoms with Crippen LogP contribution in [0.15, 0.2) is 60.7 Å². The fourth-order valence-electron chi connectivity index (χ4n) is 8.28. The highest BCUT2D eigenvalue weighted by molar-refractivity contribution is 5.74. The van der Waals surface area contributed by atoms with E-state index in [1.807, 2.05) is 0 Å². The molecule has 0 spiro atoms. The summed E-state index contributed by atoms with van der Waals surface area (Å²) in [5.41, 5.74) is 13.5. The van der Waals surface area contributed by atoms with E-state index < -0.39 is 24.0 Å². The lowest BCUT2D eigenvalue weighted by Gasteiger charge is -2.33. The molecular weight excluding hydrogens is 677 g/mol. The average Bonchev–Trinajstić information content (AvgIpc) is 3.14. The molecule has 6 rings (SSSR count). The van der Waals surface area contributed by atoms with E-state index in [1.165, 1.54) is 22.3 Å². The van der Waals surface area contributed by atoms with Gasteiger partial charge in [-0.15, -0.1) is 0 Å². The van der Waals surface area contributed by atoms with Crippen molar-refractivity contribution in [3.63, 3.8) is 0 Å². The number of nitrogens with zero attached hydrogens (tertiary/aromatic N) is 2. The van der Waals surface area contributed by atoms with Crippen molar-refractivity contribution < 1.29 is 29.3 Å². The van der Waals surface area contributed by atoms with Crippen LogP contribution in [-0.2, 0) is 35.9 Å². The smallest absolute Gasteiger partial charge is 0.320 e. The molecule has 0 saturated carbocycles. The SMILES string of the molecule is Cc1cc(OCc2cccc(-c3cccc(COc4cc(C)c(CN5CCCC[C@H]5C(=O)O)cc4C)c3C)c2C)c(C)cc1CN1CCCC[C@H]1C(=O)O. The van der Waals surface area contributed by atoms with E-state index in [1.54, 1.807) is 0 Å². The maximum absolute atomic E-state index is 11.9. The molecule has 0 radical (unpaired) electrons. The number of carbonyl (C=O) groups is 2. The second-order valence-electron chi connectivity index (χ2n) is 15.5. The first-order chi connectivity index (χ1) is 25.9. The molecule has 0 aliphatic carbocycles. The summed E-state index contributed by atoms with van der Waals surface area (Å²) in [5, 5.41) is 19.5. The molecule has 286 valence electrons. The van der Waals surface area contributed by atoms with Crippen LogP contribution < -0.4 is 9.47 Å². The van der Waals surface area contributed by atoms with Crippen LogP contribution in [-0.4, -0.2) is 57.1 Å². The molecule has 2 N–H and O–H groups in total. The van der Waals surface area contributed by atoms with Crippen LogP contribution in [0.2, 0.25) is 0 Å². The Bertz CT molecular complexity index is 1860. The second-order valence-corrected chi connectivity index (χ2v) is 15.5. The summed E-state index contributed by atoms with van der Waals surface area (Å²) < 4.78 is 12.9. The summed E-state index contributed by atoms with van der Waals surface area (Å²) in [5.74, 6) is 0.234. The number of aliphatic carboxylic acids is 2. The minimum absolute atomic E-state index is 0.417. The lowest BCUT2D eigenvalue weighted by molar-refractivity contribution is -0.145. The number of piperidine rings is 2. The minimum Gasteiger partial charge on any atom is -0.489 e. The Hall–Kier alpha value is -4.66. The predicted molar refractivity (Wildman–Crippen MR) is 213 cm³/mol. The maximum atomic E-state index is 11.9. The molecule has 2 fully saturated rings. The monoisotopic (exact) mass is 732 g/mol. The molecule has 2 saturated heterocycles. The molecule has 2 aliphatic heterocycles. The Morgan fingerprint density at radius 3 is 1.37 bits per heavy atom. The maximum Gasteiger partial charge on any atom is 0.320 e. The van der Waals surface area contributed by atoms with E-state index in [4.69, 9.17) is 9.47 Å². The summed E-state index contributed by atoms with van der Waals surface area (Å²) in [6, 6.07) is 20.5. The zero-order valence-corrected chi connectivity index (χ0v) is 32.8. The normalized spacial score (nSPS) is 18.0. The van der Waals surface area contributed by atoms with Crippen molar-refractivity contribution in [2.45, 2.75) is 118 Å². The summed E-state index contributed by atoms with van der Waals surface area (Å²) in [6.07, 6.45) is 5.41. The van der Waals surface area contributed by atoms with Crippen LogP contribution in [0.4, 0.5) is 0 Å². The average molecular weight is 733 g/mol. The molecule has 4 aromatic rings. The molecule has 0 aromatic heterocycles. The van der Waals surface area contributed by atoms with Crippen LogP contribution in [0.1, 0.15) is 94.2 Å². The number of rotatable bonds is 13. The third-order valence-electron chi connectivity index (χ3n) is 11.8. The van der Waals surface area contributed by atoms with Gasteiger partial charge in [0.15, 0.2) is 0 Å². The molecule has 0 unspecified atom stereocenters. The van der Waals surface area contributed by atoms with E-state index in [9.17, 15) is 19.8 Å². The Labute approximate surface area is 320 Å². The Morgan fingerprint density at radius 1 is 0.574 bits per heavy atom. The minimum atomic E-state index is -0.730. The largest absolute Gasteiger partial charge is 0.489 e. The van der Waals surface area contributed by atoms with Gasteiger partial charge in [0, 0.05) is 13.1 Å². The molecular formula is C46H56N2O6. The van der Waals surface area contributed by atoms with Gasteiger partial charge in [-0.2, -0.15) is 0 Å². The Kier molecular flexibility index (Phi) is 12.4. The van der Waals surface area contributed by atoms with Gasteiger partial charge in [0.25, 0.3) is 0 Å². The van der Waals surface area contributed by atoms with Crippen LogP contribution in [0.5, 0.6) is 11.5 Å². The van der Waals surface area contributed by atoms with E-state index in [2.05, 4.69) is 112 Å². The summed E-state index contributed by atoms with van der Waals surface area (Å²) in [7, 11) is 0. The van der Waals surface area contributed by atoms with Crippen molar-refractivity contribution in [1.29, 1.82) is 0 Å². The first-order valence-electron chi connectivity index (χ1n) is 19.5. The van der Waals surface area contributed by atoms with Gasteiger partial charge in [-0.1, -0.05) is 61.4 Å². The van der Waals surface area contributed by atoms with Gasteiger partial charge >= 0.3 is 11.9 Å². The molecule has 8 heteroatoms. The van der Waals surface area contributed by atoms with Crippen molar-refractivity contribution in [2.75, 3.05) is 13.1 Å². The molecule has 0 bridgehead atoms. The molecule has 2 heterocycles. The highest BCUT2D eigenvalue weighted by Gasteiger charge is 2.30. The number of ether oxygens (including phenoxy) is 2. The second kappa shape index (κ2) is 17.2. The molecule has 2 atom stereocenters. The van der Waals surface area contributed by atoms with E-state index >= 15 is 0 Å². The van der Waals surface area contributed by atoms with E-state index in [0.717, 1.165) is 94.8 Å². The summed E-state index contributed by atoms with van der Waals surface area (Å²) in [4.78, 5) is 27.9. The number of aryl methyl sites for hydroxylation is 4. The number of hydrogen-bond donors (Lipinski definition) is 2.